The third kappa shape index (κ3) is 6.21. The fraction of sp³-hybridized carbons (Fsp3) is 0.581. The molecule has 2 aliphatic carbocycles. The molecule has 2 aromatic carbocycles. The van der Waals surface area contributed by atoms with Crippen molar-refractivity contribution in [2.75, 3.05) is 6.61 Å². The Balaban J connectivity index is 1.69. The lowest BCUT2D eigenvalue weighted by molar-refractivity contribution is -0.274. The number of benzene rings is 2. The van der Waals surface area contributed by atoms with E-state index in [1.807, 2.05) is 20.8 Å². The number of hydrogen-bond donors (Lipinski definition) is 1. The standard InChI is InChI=1S/C31H39F3O5/c1-6-37-30(22-10-8-7-9-11-22,23-12-14-24(15-13-23)38-31(32,33)34)26-18-25(26)21-16-19(2)27(20(3)17-21)39-29(4,5)28(35)36/h12-17,22,25-26H,6-11,18H2,1-5H3,(H,35,36). The van der Waals surface area contributed by atoms with Crippen LogP contribution < -0.4 is 9.47 Å². The van der Waals surface area contributed by atoms with Gasteiger partial charge in [0.2, 0.25) is 0 Å². The van der Waals surface area contributed by atoms with E-state index in [0.29, 0.717) is 12.4 Å². The monoisotopic (exact) mass is 548 g/mol. The third-order valence-corrected chi connectivity index (χ3v) is 8.26. The fourth-order valence-corrected chi connectivity index (χ4v) is 6.44. The maximum atomic E-state index is 12.8. The highest BCUT2D eigenvalue weighted by atomic mass is 19.4. The van der Waals surface area contributed by atoms with Crippen molar-refractivity contribution in [2.45, 2.75) is 96.6 Å². The van der Waals surface area contributed by atoms with E-state index in [-0.39, 0.29) is 23.5 Å². The van der Waals surface area contributed by atoms with Crippen molar-refractivity contribution in [2.24, 2.45) is 11.8 Å². The summed E-state index contributed by atoms with van der Waals surface area (Å²) in [6.45, 7) is 9.39. The van der Waals surface area contributed by atoms with E-state index in [1.54, 1.807) is 12.1 Å². The zero-order valence-corrected chi connectivity index (χ0v) is 23.4. The second kappa shape index (κ2) is 11.0. The molecule has 0 amide bonds. The lowest BCUT2D eigenvalue weighted by atomic mass is 9.69. The molecule has 214 valence electrons. The molecule has 3 unspecified atom stereocenters. The molecule has 0 saturated heterocycles. The highest BCUT2D eigenvalue weighted by Gasteiger charge is 2.58. The van der Waals surface area contributed by atoms with Crippen LogP contribution in [0.3, 0.4) is 0 Å². The lowest BCUT2D eigenvalue weighted by Gasteiger charge is -2.44. The molecule has 4 rings (SSSR count). The van der Waals surface area contributed by atoms with Gasteiger partial charge in [-0.3, -0.25) is 0 Å². The lowest BCUT2D eigenvalue weighted by Crippen LogP contribution is -2.42. The summed E-state index contributed by atoms with van der Waals surface area (Å²) in [4.78, 5) is 11.6. The molecule has 2 fully saturated rings. The minimum absolute atomic E-state index is 0.163. The van der Waals surface area contributed by atoms with Gasteiger partial charge in [-0.05, 0) is 106 Å². The maximum Gasteiger partial charge on any atom is 0.573 e. The molecule has 3 atom stereocenters. The van der Waals surface area contributed by atoms with Crippen LogP contribution in [0.4, 0.5) is 13.2 Å². The van der Waals surface area contributed by atoms with Gasteiger partial charge in [-0.25, -0.2) is 4.79 Å². The van der Waals surface area contributed by atoms with Crippen molar-refractivity contribution in [3.05, 3.63) is 58.7 Å². The summed E-state index contributed by atoms with van der Waals surface area (Å²) >= 11 is 0. The molecule has 2 aromatic rings. The fourth-order valence-electron chi connectivity index (χ4n) is 6.44. The quantitative estimate of drug-likeness (QED) is 0.325. The van der Waals surface area contributed by atoms with Gasteiger partial charge in [0.1, 0.15) is 11.5 Å². The summed E-state index contributed by atoms with van der Waals surface area (Å²) in [7, 11) is 0. The summed E-state index contributed by atoms with van der Waals surface area (Å²) in [6.07, 6.45) is 1.58. The summed E-state index contributed by atoms with van der Waals surface area (Å²) < 4.78 is 55.2. The Labute approximate surface area is 228 Å². The number of carboxylic acids is 1. The van der Waals surface area contributed by atoms with Crippen molar-refractivity contribution >= 4 is 5.97 Å². The molecular weight excluding hydrogens is 509 g/mol. The summed E-state index contributed by atoms with van der Waals surface area (Å²) in [5.74, 6) is -0.0600. The van der Waals surface area contributed by atoms with Crippen LogP contribution in [-0.4, -0.2) is 29.6 Å². The number of ether oxygens (including phenoxy) is 3. The van der Waals surface area contributed by atoms with Gasteiger partial charge in [0.05, 0.1) is 5.60 Å². The number of carboxylic acid groups (broad SMARTS) is 1. The minimum Gasteiger partial charge on any atom is -0.478 e. The van der Waals surface area contributed by atoms with Crippen molar-refractivity contribution in [3.8, 4) is 11.5 Å². The molecule has 0 heterocycles. The molecule has 0 radical (unpaired) electrons. The molecule has 39 heavy (non-hydrogen) atoms. The van der Waals surface area contributed by atoms with Gasteiger partial charge in [-0.15, -0.1) is 13.2 Å². The first-order valence-corrected chi connectivity index (χ1v) is 13.8. The number of aliphatic carboxylic acids is 1. The minimum atomic E-state index is -4.74. The number of alkyl halides is 3. The highest BCUT2D eigenvalue weighted by molar-refractivity contribution is 5.77. The van der Waals surface area contributed by atoms with Crippen molar-refractivity contribution in [3.63, 3.8) is 0 Å². The van der Waals surface area contributed by atoms with Gasteiger partial charge in [-0.2, -0.15) is 0 Å². The van der Waals surface area contributed by atoms with Gasteiger partial charge < -0.3 is 19.3 Å². The van der Waals surface area contributed by atoms with Crippen LogP contribution >= 0.6 is 0 Å². The van der Waals surface area contributed by atoms with Crippen molar-refractivity contribution in [1.82, 2.24) is 0 Å². The molecule has 2 aliphatic rings. The number of aryl methyl sites for hydroxylation is 2. The third-order valence-electron chi connectivity index (χ3n) is 8.26. The van der Waals surface area contributed by atoms with Crippen molar-refractivity contribution in [1.29, 1.82) is 0 Å². The van der Waals surface area contributed by atoms with Crippen LogP contribution in [0.25, 0.3) is 0 Å². The predicted octanol–water partition coefficient (Wildman–Crippen LogP) is 8.06. The first kappa shape index (κ1) is 29.2. The average molecular weight is 549 g/mol. The second-order valence-electron chi connectivity index (χ2n) is 11.5. The van der Waals surface area contributed by atoms with Gasteiger partial charge in [0.15, 0.2) is 5.60 Å². The van der Waals surface area contributed by atoms with E-state index in [1.165, 1.54) is 32.4 Å². The van der Waals surface area contributed by atoms with E-state index in [2.05, 4.69) is 16.9 Å². The molecule has 8 heteroatoms. The Morgan fingerprint density at radius 2 is 1.56 bits per heavy atom. The summed E-state index contributed by atoms with van der Waals surface area (Å²) in [6, 6.07) is 10.4. The molecular formula is C31H39F3O5. The molecule has 0 aromatic heterocycles. The maximum absolute atomic E-state index is 12.8. The van der Waals surface area contributed by atoms with E-state index >= 15 is 0 Å². The number of carbonyl (C=O) groups is 1. The van der Waals surface area contributed by atoms with E-state index < -0.39 is 23.5 Å². The largest absolute Gasteiger partial charge is 0.573 e. The van der Waals surface area contributed by atoms with Crippen LogP contribution in [0.1, 0.15) is 87.5 Å². The summed E-state index contributed by atoms with van der Waals surface area (Å²) in [5, 5.41) is 9.51. The Hall–Kier alpha value is -2.74. The molecule has 0 bridgehead atoms. The van der Waals surface area contributed by atoms with Crippen LogP contribution in [-0.2, 0) is 15.1 Å². The summed E-state index contributed by atoms with van der Waals surface area (Å²) in [5.41, 5.74) is 1.82. The van der Waals surface area contributed by atoms with Gasteiger partial charge in [-0.1, -0.05) is 43.5 Å². The van der Waals surface area contributed by atoms with Crippen LogP contribution in [0.2, 0.25) is 0 Å². The molecule has 0 aliphatic heterocycles. The average Bonchev–Trinajstić information content (AvgIpc) is 3.66. The number of rotatable bonds is 10. The van der Waals surface area contributed by atoms with Gasteiger partial charge >= 0.3 is 12.3 Å². The smallest absolute Gasteiger partial charge is 0.478 e. The molecule has 2 saturated carbocycles. The Morgan fingerprint density at radius 3 is 2.08 bits per heavy atom. The van der Waals surface area contributed by atoms with Crippen LogP contribution in [0, 0.1) is 25.7 Å². The predicted molar refractivity (Wildman–Crippen MR) is 142 cm³/mol. The first-order valence-electron chi connectivity index (χ1n) is 13.8. The molecule has 5 nitrogen and oxygen atoms in total. The Kier molecular flexibility index (Phi) is 8.27. The molecule has 1 N–H and O–H groups in total. The Bertz CT molecular complexity index is 1140. The van der Waals surface area contributed by atoms with Crippen LogP contribution in [0.15, 0.2) is 36.4 Å². The van der Waals surface area contributed by atoms with Gasteiger partial charge in [0.25, 0.3) is 0 Å². The van der Waals surface area contributed by atoms with Crippen LogP contribution in [0.5, 0.6) is 11.5 Å². The van der Waals surface area contributed by atoms with E-state index in [0.717, 1.165) is 54.4 Å². The number of hydrogen-bond acceptors (Lipinski definition) is 4. The van der Waals surface area contributed by atoms with E-state index in [9.17, 15) is 23.1 Å². The normalized spacial score (nSPS) is 21.7. The van der Waals surface area contributed by atoms with Gasteiger partial charge in [0, 0.05) is 6.61 Å². The van der Waals surface area contributed by atoms with E-state index in [4.69, 9.17) is 9.47 Å². The highest BCUT2D eigenvalue weighted by Crippen LogP contribution is 2.63. The first-order chi connectivity index (χ1) is 18.3. The zero-order valence-electron chi connectivity index (χ0n) is 23.4. The van der Waals surface area contributed by atoms with Crippen molar-refractivity contribution < 1.29 is 37.3 Å². The second-order valence-corrected chi connectivity index (χ2v) is 11.5. The zero-order chi connectivity index (χ0) is 28.6. The molecule has 0 spiro atoms. The number of halogens is 3. The Morgan fingerprint density at radius 1 is 0.974 bits per heavy atom. The SMILES string of the molecule is CCOC(c1ccc(OC(F)(F)F)cc1)(C1CCCCC1)C1CC1c1cc(C)c(OC(C)(C)C(=O)O)c(C)c1. The topological polar surface area (TPSA) is 65.0 Å².